The first-order valence-electron chi connectivity index (χ1n) is 2.17. The molecule has 0 saturated heterocycles. The summed E-state index contributed by atoms with van der Waals surface area (Å²) in [5, 5.41) is 17.0. The lowest BCUT2D eigenvalue weighted by Crippen LogP contribution is -2.06. The van der Waals surface area contributed by atoms with Gasteiger partial charge in [0.1, 0.15) is 11.9 Å². The first-order valence-corrected chi connectivity index (χ1v) is 2.17. The average Bonchev–Trinajstić information content (AvgIpc) is 1.67. The molecule has 2 N–H and O–H groups in total. The number of terminal acetylenes is 1. The summed E-state index contributed by atoms with van der Waals surface area (Å²) in [6, 6.07) is 0. The molecule has 8 heavy (non-hydrogen) atoms. The van der Waals surface area contributed by atoms with Crippen molar-refractivity contribution in [3.63, 3.8) is 0 Å². The van der Waals surface area contributed by atoms with Gasteiger partial charge in [-0.05, 0) is 0 Å². The second-order valence-corrected chi connectivity index (χ2v) is 1.42. The van der Waals surface area contributed by atoms with Crippen LogP contribution in [0.15, 0.2) is 12.3 Å². The summed E-state index contributed by atoms with van der Waals surface area (Å²) in [4.78, 5) is 0. The van der Waals surface area contributed by atoms with Crippen LogP contribution in [-0.2, 0) is 0 Å². The zero-order chi connectivity index (χ0) is 6.57. The maximum Gasteiger partial charge on any atom is 0.121 e. The van der Waals surface area contributed by atoms with Crippen LogP contribution >= 0.6 is 0 Å². The van der Waals surface area contributed by atoms with E-state index in [-0.39, 0.29) is 12.2 Å². The van der Waals surface area contributed by atoms with Gasteiger partial charge in [-0.15, -0.1) is 12.3 Å². The molecule has 0 aromatic rings. The summed E-state index contributed by atoms with van der Waals surface area (Å²) in [5.41, 5.74) is 0. The molecular weight excluding hydrogens is 104 g/mol. The van der Waals surface area contributed by atoms with Crippen LogP contribution in [0.3, 0.4) is 0 Å². The van der Waals surface area contributed by atoms with E-state index in [1.807, 2.05) is 0 Å². The summed E-state index contributed by atoms with van der Waals surface area (Å²) < 4.78 is 0. The van der Waals surface area contributed by atoms with Gasteiger partial charge in [0.25, 0.3) is 0 Å². The molecular formula is C6H8O2. The molecule has 0 saturated carbocycles. The minimum absolute atomic E-state index is 0.120. The van der Waals surface area contributed by atoms with Crippen LogP contribution in [0.2, 0.25) is 0 Å². The van der Waals surface area contributed by atoms with Gasteiger partial charge in [0.15, 0.2) is 0 Å². The van der Waals surface area contributed by atoms with Crippen LogP contribution in [0.25, 0.3) is 0 Å². The third-order valence-corrected chi connectivity index (χ3v) is 0.696. The zero-order valence-electron chi connectivity index (χ0n) is 4.46. The quantitative estimate of drug-likeness (QED) is 0.402. The number of aliphatic hydroxyl groups is 2. The fourth-order valence-electron chi connectivity index (χ4n) is 0.229. The summed E-state index contributed by atoms with van der Waals surface area (Å²) in [7, 11) is 0. The highest BCUT2D eigenvalue weighted by atomic mass is 16.3. The van der Waals surface area contributed by atoms with Crippen LogP contribution in [0.5, 0.6) is 0 Å². The molecule has 2 nitrogen and oxygen atoms in total. The van der Waals surface area contributed by atoms with Crippen LogP contribution in [0.4, 0.5) is 0 Å². The Morgan fingerprint density at radius 3 is 2.50 bits per heavy atom. The van der Waals surface area contributed by atoms with Crippen molar-refractivity contribution < 1.29 is 10.2 Å². The molecule has 0 fully saturated rings. The zero-order valence-corrected chi connectivity index (χ0v) is 4.46. The van der Waals surface area contributed by atoms with Crippen molar-refractivity contribution in [3.05, 3.63) is 12.3 Å². The van der Waals surface area contributed by atoms with Crippen LogP contribution in [-0.4, -0.2) is 16.3 Å². The van der Waals surface area contributed by atoms with Crippen molar-refractivity contribution in [3.8, 4) is 12.3 Å². The molecule has 1 unspecified atom stereocenters. The first kappa shape index (κ1) is 7.06. The van der Waals surface area contributed by atoms with Crippen LogP contribution in [0, 0.1) is 12.3 Å². The van der Waals surface area contributed by atoms with Gasteiger partial charge in [-0.3, -0.25) is 0 Å². The minimum Gasteiger partial charge on any atom is -0.510 e. The van der Waals surface area contributed by atoms with Gasteiger partial charge in [-0.25, -0.2) is 0 Å². The van der Waals surface area contributed by atoms with E-state index >= 15 is 0 Å². The molecule has 0 spiro atoms. The first-order chi connectivity index (χ1) is 3.68. The minimum atomic E-state index is -0.958. The SMILES string of the molecule is C#CCC(O)C(=C)O. The van der Waals surface area contributed by atoms with Crippen molar-refractivity contribution in [2.24, 2.45) is 0 Å². The van der Waals surface area contributed by atoms with E-state index in [4.69, 9.17) is 16.6 Å². The van der Waals surface area contributed by atoms with Gasteiger partial charge >= 0.3 is 0 Å². The summed E-state index contributed by atoms with van der Waals surface area (Å²) in [5.74, 6) is 1.90. The summed E-state index contributed by atoms with van der Waals surface area (Å²) in [6.07, 6.45) is 3.97. The summed E-state index contributed by atoms with van der Waals surface area (Å²) >= 11 is 0. The topological polar surface area (TPSA) is 40.5 Å². The predicted octanol–water partition coefficient (Wildman–Crippen LogP) is 0.442. The molecule has 0 aliphatic rings. The molecule has 2 heteroatoms. The Hall–Kier alpha value is -0.940. The highest BCUT2D eigenvalue weighted by Gasteiger charge is 2.02. The second-order valence-electron chi connectivity index (χ2n) is 1.42. The number of rotatable bonds is 2. The molecule has 0 amide bonds. The molecule has 0 heterocycles. The van der Waals surface area contributed by atoms with E-state index in [2.05, 4.69) is 12.5 Å². The largest absolute Gasteiger partial charge is 0.510 e. The Morgan fingerprint density at radius 2 is 2.38 bits per heavy atom. The van der Waals surface area contributed by atoms with E-state index in [0.29, 0.717) is 0 Å². The van der Waals surface area contributed by atoms with Crippen LogP contribution in [0.1, 0.15) is 6.42 Å². The smallest absolute Gasteiger partial charge is 0.121 e. The third-order valence-electron chi connectivity index (χ3n) is 0.696. The van der Waals surface area contributed by atoms with Crippen LogP contribution < -0.4 is 0 Å². The Bertz CT molecular complexity index is 121. The molecule has 0 aliphatic carbocycles. The van der Waals surface area contributed by atoms with Gasteiger partial charge in [-0.2, -0.15) is 0 Å². The fraction of sp³-hybridized carbons (Fsp3) is 0.333. The Labute approximate surface area is 48.5 Å². The monoisotopic (exact) mass is 112 g/mol. The lowest BCUT2D eigenvalue weighted by Gasteiger charge is -2.01. The van der Waals surface area contributed by atoms with Gasteiger partial charge in [0.2, 0.25) is 0 Å². The summed E-state index contributed by atoms with van der Waals surface area (Å²) in [6.45, 7) is 3.08. The maximum absolute atomic E-state index is 8.63. The van der Waals surface area contributed by atoms with Gasteiger partial charge < -0.3 is 10.2 Å². The van der Waals surface area contributed by atoms with E-state index in [1.165, 1.54) is 0 Å². The van der Waals surface area contributed by atoms with E-state index < -0.39 is 6.10 Å². The molecule has 0 aromatic heterocycles. The Kier molecular flexibility index (Phi) is 2.75. The Morgan fingerprint density at radius 1 is 1.88 bits per heavy atom. The van der Waals surface area contributed by atoms with Gasteiger partial charge in [-0.1, -0.05) is 6.58 Å². The van der Waals surface area contributed by atoms with E-state index in [1.54, 1.807) is 0 Å². The standard InChI is InChI=1S/C6H8O2/c1-3-4-6(8)5(2)7/h1,6-8H,2,4H2. The molecule has 0 aromatic carbocycles. The lowest BCUT2D eigenvalue weighted by atomic mass is 10.2. The molecule has 44 valence electrons. The predicted molar refractivity (Wildman–Crippen MR) is 31.2 cm³/mol. The number of aliphatic hydroxyl groups excluding tert-OH is 2. The molecule has 0 bridgehead atoms. The Balaban J connectivity index is 3.52. The molecule has 1 atom stereocenters. The van der Waals surface area contributed by atoms with Crippen molar-refractivity contribution in [1.29, 1.82) is 0 Å². The molecule has 0 radical (unpaired) electrons. The van der Waals surface area contributed by atoms with Crippen molar-refractivity contribution >= 4 is 0 Å². The highest BCUT2D eigenvalue weighted by molar-refractivity contribution is 4.97. The van der Waals surface area contributed by atoms with E-state index in [0.717, 1.165) is 0 Å². The van der Waals surface area contributed by atoms with Crippen molar-refractivity contribution in [2.75, 3.05) is 0 Å². The normalized spacial score (nSPS) is 12.0. The van der Waals surface area contributed by atoms with Gasteiger partial charge in [0, 0.05) is 6.42 Å². The lowest BCUT2D eigenvalue weighted by molar-refractivity contribution is 0.159. The van der Waals surface area contributed by atoms with Crippen molar-refractivity contribution in [1.82, 2.24) is 0 Å². The third kappa shape index (κ3) is 2.27. The maximum atomic E-state index is 8.63. The highest BCUT2D eigenvalue weighted by Crippen LogP contribution is 1.96. The van der Waals surface area contributed by atoms with E-state index in [9.17, 15) is 0 Å². The number of hydrogen-bond donors (Lipinski definition) is 2. The fourth-order valence-corrected chi connectivity index (χ4v) is 0.229. The van der Waals surface area contributed by atoms with Gasteiger partial charge in [0.05, 0.1) is 0 Å². The molecule has 0 aliphatic heterocycles. The molecule has 0 rings (SSSR count). The average molecular weight is 112 g/mol. The number of hydrogen-bond acceptors (Lipinski definition) is 2. The second kappa shape index (κ2) is 3.11. The van der Waals surface area contributed by atoms with Crippen molar-refractivity contribution in [2.45, 2.75) is 12.5 Å².